The number of ether oxygens (including phenoxy) is 2. The van der Waals surface area contributed by atoms with Crippen LogP contribution in [0.1, 0.15) is 0 Å². The maximum atomic E-state index is 6.78. The summed E-state index contributed by atoms with van der Waals surface area (Å²) in [5.41, 5.74) is 7.98. The predicted molar refractivity (Wildman–Crippen MR) is 474 cm³/mol. The first-order valence-corrected chi connectivity index (χ1v) is 43.6. The van der Waals surface area contributed by atoms with E-state index in [-0.39, 0.29) is 42.1 Å². The Bertz CT molecular complexity index is 7520. The number of pyridine rings is 4. The number of rotatable bonds is 10. The second-order valence-corrected chi connectivity index (χ2v) is 38.4. The van der Waals surface area contributed by atoms with Crippen LogP contribution in [-0.2, 0) is 42.1 Å². The number of benzene rings is 14. The fourth-order valence-electron chi connectivity index (χ4n) is 18.1. The van der Waals surface area contributed by atoms with Gasteiger partial charge in [-0.1, -0.05) is 278 Å². The molecule has 2 aliphatic heterocycles. The van der Waals surface area contributed by atoms with Gasteiger partial charge in [0.25, 0.3) is 0 Å². The maximum Gasteiger partial charge on any atom is 2.00 e. The van der Waals surface area contributed by atoms with Gasteiger partial charge in [-0.3, -0.25) is 9.97 Å². The zero-order chi connectivity index (χ0) is 75.0. The molecule has 552 valence electrons. The molecule has 10 nitrogen and oxygen atoms in total. The van der Waals surface area contributed by atoms with E-state index in [1.54, 1.807) is 0 Å². The zero-order valence-corrected chi connectivity index (χ0v) is 69.7. The normalized spacial score (nSPS) is 13.1. The molecule has 116 heavy (non-hydrogen) atoms. The Hall–Kier alpha value is -12.7. The van der Waals surface area contributed by atoms with Gasteiger partial charge in [0.05, 0.1) is 11.3 Å². The van der Waals surface area contributed by atoms with E-state index in [0.717, 1.165) is 89.0 Å². The summed E-state index contributed by atoms with van der Waals surface area (Å²) in [7, 11) is -5.99. The number of nitrogens with zero attached hydrogens (tertiary/aromatic N) is 8. The number of para-hydroxylation sites is 2. The van der Waals surface area contributed by atoms with E-state index in [2.05, 4.69) is 346 Å². The van der Waals surface area contributed by atoms with Crippen LogP contribution in [-0.4, -0.2) is 44.9 Å². The first-order valence-electron chi connectivity index (χ1n) is 38.0. The third kappa shape index (κ3) is 11.1. The van der Waals surface area contributed by atoms with Crippen molar-refractivity contribution in [3.8, 4) is 23.0 Å². The summed E-state index contributed by atoms with van der Waals surface area (Å²) in [6.07, 6.45) is 11.4. The minimum Gasteiger partial charge on any atom is -0.503 e. The topological polar surface area (TPSA) is 85.3 Å². The number of anilines is 6. The predicted octanol–water partition coefficient (Wildman–Crippen LogP) is 19.9. The number of fused-ring (bicyclic) bond motifs is 22. The summed E-state index contributed by atoms with van der Waals surface area (Å²) in [4.78, 5) is 24.0. The van der Waals surface area contributed by atoms with Crippen molar-refractivity contribution in [1.29, 1.82) is 0 Å². The molecule has 14 aromatic carbocycles. The number of imidazole rings is 2. The van der Waals surface area contributed by atoms with Crippen molar-refractivity contribution < 1.29 is 51.6 Å². The molecular weight excluding hydrogens is 1860 g/mol. The molecule has 22 aromatic rings. The quantitative estimate of drug-likeness (QED) is 0.0761. The smallest absolute Gasteiger partial charge is 0.503 e. The molecule has 16 heteroatoms. The standard InChI is InChI=1S/2C50H30N4OSSi.2Pt/c1-3-13-35(14-4-1)57(36-15-5-2-6-16-36)47-25-23-34(55-33-22-24-37-38-17-7-9-19-42(38)53-28-27-52-50(53)41(37)29-33)30-43(47)54(49-21-11-12-26-51-49)44-32-46-40(31-48(44)57)39-18-8-10-20-45(39)56-46;1-3-13-35(14-4-1)57(36-15-5-2-6-16-36)47-25-23-34(55-33-22-24-37-38-17-7-9-19-42(38)53-28-27-52-50(53)41(37)29-33)30-43(47)54(49-21-11-12-26-51-49)44-31-40-39-18-8-10-20-45(39)56-46(40)32-48(44)57;;/h2*1-28,31-32H;;/q2*-2;2*+2. The van der Waals surface area contributed by atoms with E-state index >= 15 is 0 Å². The molecule has 24 rings (SSSR count). The minimum absolute atomic E-state index is 0. The summed E-state index contributed by atoms with van der Waals surface area (Å²) in [6.45, 7) is 0. The van der Waals surface area contributed by atoms with Crippen LogP contribution in [0.4, 0.5) is 34.4 Å². The monoisotopic (exact) mass is 1910 g/mol. The van der Waals surface area contributed by atoms with Gasteiger partial charge in [0.1, 0.15) is 27.8 Å². The number of aromatic nitrogens is 6. The van der Waals surface area contributed by atoms with Crippen molar-refractivity contribution in [3.05, 3.63) is 389 Å². The Kier molecular flexibility index (Phi) is 17.6. The summed E-state index contributed by atoms with van der Waals surface area (Å²) in [5.74, 6) is 4.03. The summed E-state index contributed by atoms with van der Waals surface area (Å²) in [5, 5.41) is 21.6. The molecule has 8 aromatic heterocycles. The Morgan fingerprint density at radius 1 is 0.276 bits per heavy atom. The van der Waals surface area contributed by atoms with Gasteiger partial charge in [-0.05, 0) is 87.9 Å². The molecule has 0 unspecified atom stereocenters. The van der Waals surface area contributed by atoms with Crippen molar-refractivity contribution in [2.75, 3.05) is 9.80 Å². The van der Waals surface area contributed by atoms with Crippen LogP contribution in [0.15, 0.2) is 365 Å². The fourth-order valence-corrected chi connectivity index (χ4v) is 30.5. The second-order valence-electron chi connectivity index (χ2n) is 28.8. The molecule has 2 aliphatic rings. The summed E-state index contributed by atoms with van der Waals surface area (Å²) >= 11 is 3.70. The van der Waals surface area contributed by atoms with Crippen LogP contribution in [0.25, 0.3) is 95.0 Å². The van der Waals surface area contributed by atoms with Crippen molar-refractivity contribution in [2.45, 2.75) is 0 Å². The second kappa shape index (κ2) is 28.7. The molecule has 0 fully saturated rings. The van der Waals surface area contributed by atoms with Gasteiger partial charge in [0.15, 0.2) is 0 Å². The molecule has 0 saturated heterocycles. The van der Waals surface area contributed by atoms with Gasteiger partial charge < -0.3 is 28.1 Å². The van der Waals surface area contributed by atoms with Crippen LogP contribution < -0.4 is 60.8 Å². The van der Waals surface area contributed by atoms with Gasteiger partial charge in [0, 0.05) is 123 Å². The molecule has 0 amide bonds. The largest absolute Gasteiger partial charge is 2.00 e. The van der Waals surface area contributed by atoms with Gasteiger partial charge in [0.2, 0.25) is 0 Å². The van der Waals surface area contributed by atoms with Crippen LogP contribution in [0.3, 0.4) is 0 Å². The van der Waals surface area contributed by atoms with Gasteiger partial charge in [-0.15, -0.1) is 81.6 Å². The van der Waals surface area contributed by atoms with Crippen molar-refractivity contribution >= 4 is 210 Å². The summed E-state index contributed by atoms with van der Waals surface area (Å²) in [6, 6.07) is 132. The average molecular weight is 1920 g/mol. The zero-order valence-electron chi connectivity index (χ0n) is 61.5. The Labute approximate surface area is 705 Å². The van der Waals surface area contributed by atoms with E-state index < -0.39 is 16.1 Å². The molecule has 0 radical (unpaired) electrons. The van der Waals surface area contributed by atoms with Crippen molar-refractivity contribution in [2.24, 2.45) is 0 Å². The van der Waals surface area contributed by atoms with Gasteiger partial charge >= 0.3 is 42.1 Å². The average Bonchev–Trinajstić information content (AvgIpc) is 0.968. The van der Waals surface area contributed by atoms with Crippen molar-refractivity contribution in [1.82, 2.24) is 28.7 Å². The molecule has 0 aliphatic carbocycles. The Balaban J connectivity index is 0.000000142. The van der Waals surface area contributed by atoms with E-state index in [9.17, 15) is 0 Å². The summed E-state index contributed by atoms with van der Waals surface area (Å²) < 4.78 is 22.9. The van der Waals surface area contributed by atoms with E-state index in [1.807, 2.05) is 84.1 Å². The Morgan fingerprint density at radius 2 is 0.647 bits per heavy atom. The van der Waals surface area contributed by atoms with Crippen LogP contribution in [0.2, 0.25) is 0 Å². The molecule has 0 N–H and O–H groups in total. The third-order valence-corrected chi connectivity index (χ3v) is 34.7. The van der Waals surface area contributed by atoms with Gasteiger partial charge in [-0.25, -0.2) is 9.97 Å². The molecule has 0 saturated carbocycles. The molecule has 0 spiro atoms. The number of hydrogen-bond donors (Lipinski definition) is 0. The first kappa shape index (κ1) is 71.1. The molecule has 0 bridgehead atoms. The fraction of sp³-hybridized carbons (Fsp3) is 0. The molecule has 0 atom stereocenters. The third-order valence-electron chi connectivity index (χ3n) is 22.8. The Morgan fingerprint density at radius 3 is 1.09 bits per heavy atom. The van der Waals surface area contributed by atoms with Crippen LogP contribution >= 0.6 is 22.7 Å². The first-order chi connectivity index (χ1) is 56.5. The van der Waals surface area contributed by atoms with Crippen LogP contribution in [0.5, 0.6) is 23.0 Å². The van der Waals surface area contributed by atoms with E-state index in [0.29, 0.717) is 23.0 Å². The number of thiophene rings is 2. The SMILES string of the molecule is [Pt+2].[Pt+2].[c-]1c(Oc2[c-]c3c(cc2)c2ccccc2n2ccnc32)ccc2c1N(c1ccccn1)c1cc3c(cc1[Si]2(c1ccccc1)c1ccccc1)sc1ccccc13.[c-]1c(Oc2[c-]c3c(cc2)c2ccccc2n2ccnc32)ccc2c1N(c1ccccn1)c1cc3sc4ccccc4c3cc1[Si]2(c1ccccc1)c1ccccc1. The maximum absolute atomic E-state index is 6.78. The minimum atomic E-state index is -3.00. The van der Waals surface area contributed by atoms with Gasteiger partial charge in [-0.2, -0.15) is 12.1 Å². The molecular formula is C100H60N8O2Pt2S2Si2. The van der Waals surface area contributed by atoms with E-state index in [4.69, 9.17) is 29.4 Å². The van der Waals surface area contributed by atoms with Crippen molar-refractivity contribution in [3.63, 3.8) is 0 Å². The number of hydrogen-bond acceptors (Lipinski definition) is 10. The van der Waals surface area contributed by atoms with E-state index in [1.165, 1.54) is 81.8 Å². The van der Waals surface area contributed by atoms with Crippen LogP contribution in [0, 0.1) is 24.3 Å². The molecule has 10 heterocycles.